The Morgan fingerprint density at radius 3 is 1.56 bits per heavy atom. The molecule has 0 atom stereocenters. The smallest absolute Gasteiger partial charge is 0.191 e. The van der Waals surface area contributed by atoms with Crippen molar-refractivity contribution in [1.29, 1.82) is 0 Å². The van der Waals surface area contributed by atoms with Crippen LogP contribution in [0.5, 0.6) is 0 Å². The monoisotopic (exact) mass is 348 g/mol. The molecule has 0 bridgehead atoms. The minimum Gasteiger partial charge on any atom is -0.446 e. The second-order valence-corrected chi connectivity index (χ2v) is 5.75. The van der Waals surface area contributed by atoms with Gasteiger partial charge in [-0.2, -0.15) is 0 Å². The number of rotatable bonds is 2. The Balaban J connectivity index is 0.000000316. The van der Waals surface area contributed by atoms with Gasteiger partial charge >= 0.3 is 0 Å². The number of benzene rings is 1. The van der Waals surface area contributed by atoms with Crippen molar-refractivity contribution < 1.29 is 9.15 Å². The lowest BCUT2D eigenvalue weighted by Gasteiger charge is -2.08. The van der Waals surface area contributed by atoms with Gasteiger partial charge in [-0.05, 0) is 53.2 Å². The van der Waals surface area contributed by atoms with E-state index in [1.807, 2.05) is 64.1 Å². The molecule has 0 saturated carbocycles. The van der Waals surface area contributed by atoms with E-state index < -0.39 is 0 Å². The highest BCUT2D eigenvalue weighted by Gasteiger charge is 2.06. The maximum absolute atomic E-state index is 5.10. The maximum atomic E-state index is 5.10. The third kappa shape index (κ3) is 13.3. The van der Waals surface area contributed by atoms with Crippen molar-refractivity contribution >= 4 is 0 Å². The third-order valence-corrected chi connectivity index (χ3v) is 3.74. The number of hydrogen-bond donors (Lipinski definition) is 0. The summed E-state index contributed by atoms with van der Waals surface area (Å²) in [6.45, 7) is 14.6. The number of nitrogens with zero attached hydrogens (tertiary/aromatic N) is 2. The number of likely N-dealkylation sites (tertiary alicyclic amines) is 1. The van der Waals surface area contributed by atoms with Crippen molar-refractivity contribution in [2.75, 3.05) is 33.4 Å². The molecular formula is C21H36N2O2. The molecule has 0 N–H and O–H groups in total. The summed E-state index contributed by atoms with van der Waals surface area (Å²) in [6.07, 6.45) is 2.85. The van der Waals surface area contributed by atoms with E-state index in [9.17, 15) is 0 Å². The topological polar surface area (TPSA) is 38.5 Å². The molecule has 4 nitrogen and oxygen atoms in total. The predicted octanol–water partition coefficient (Wildman–Crippen LogP) is 5.04. The summed E-state index contributed by atoms with van der Waals surface area (Å²) in [7, 11) is 1.68. The maximum Gasteiger partial charge on any atom is 0.191 e. The molecule has 4 heteroatoms. The molecular weight excluding hydrogens is 312 g/mol. The Hall–Kier alpha value is -1.65. The van der Waals surface area contributed by atoms with E-state index in [1.54, 1.807) is 7.11 Å². The number of hydrogen-bond acceptors (Lipinski definition) is 4. The molecule has 1 aromatic heterocycles. The van der Waals surface area contributed by atoms with Crippen LogP contribution in [0.4, 0.5) is 0 Å². The normalized spacial score (nSPS) is 12.9. The minimum atomic E-state index is 0.750. The first-order valence-electron chi connectivity index (χ1n) is 9.17. The molecule has 1 fully saturated rings. The SMILES string of the molecule is CCN1CCCC1.CCOC.Cc1nc(C)c(C)o1.c1ccccc1. The second-order valence-electron chi connectivity index (χ2n) is 5.75. The highest BCUT2D eigenvalue weighted by atomic mass is 16.5. The molecule has 0 amide bonds. The Labute approximate surface area is 154 Å². The highest BCUT2D eigenvalue weighted by molar-refractivity contribution is 5.04. The standard InChI is InChI=1S/C6H9NO.C6H13N.C6H6.C3H8O/c1-4-5(2)8-6(3)7-4;1-2-7-5-3-4-6-7;1-2-4-6-5-3-1;1-3-4-2/h1-3H3;2-6H2,1H3;1-6H;3H2,1-2H3. The van der Waals surface area contributed by atoms with Crippen LogP contribution in [0.15, 0.2) is 40.8 Å². The first-order valence-corrected chi connectivity index (χ1v) is 9.17. The van der Waals surface area contributed by atoms with Crippen LogP contribution in [-0.4, -0.2) is 43.2 Å². The van der Waals surface area contributed by atoms with Crippen LogP contribution in [0, 0.1) is 20.8 Å². The van der Waals surface area contributed by atoms with E-state index >= 15 is 0 Å². The fourth-order valence-corrected chi connectivity index (χ4v) is 2.12. The van der Waals surface area contributed by atoms with Gasteiger partial charge in [-0.15, -0.1) is 0 Å². The van der Waals surface area contributed by atoms with Gasteiger partial charge in [0.15, 0.2) is 5.89 Å². The molecule has 0 unspecified atom stereocenters. The van der Waals surface area contributed by atoms with Gasteiger partial charge in [0, 0.05) is 20.6 Å². The van der Waals surface area contributed by atoms with Gasteiger partial charge in [-0.25, -0.2) is 4.98 Å². The van der Waals surface area contributed by atoms with Gasteiger partial charge < -0.3 is 14.1 Å². The van der Waals surface area contributed by atoms with Crippen LogP contribution >= 0.6 is 0 Å². The summed E-state index contributed by atoms with van der Waals surface area (Å²) in [6, 6.07) is 12.0. The Morgan fingerprint density at radius 1 is 0.960 bits per heavy atom. The lowest BCUT2D eigenvalue weighted by atomic mass is 10.4. The predicted molar refractivity (Wildman–Crippen MR) is 106 cm³/mol. The largest absolute Gasteiger partial charge is 0.446 e. The van der Waals surface area contributed by atoms with Crippen molar-refractivity contribution in [1.82, 2.24) is 9.88 Å². The van der Waals surface area contributed by atoms with Crippen LogP contribution in [0.1, 0.15) is 44.0 Å². The van der Waals surface area contributed by atoms with E-state index in [0.29, 0.717) is 0 Å². The molecule has 2 aromatic rings. The molecule has 2 heterocycles. The van der Waals surface area contributed by atoms with Gasteiger partial charge in [-0.3, -0.25) is 0 Å². The summed E-state index contributed by atoms with van der Waals surface area (Å²) >= 11 is 0. The minimum absolute atomic E-state index is 0.750. The average molecular weight is 349 g/mol. The number of aromatic nitrogens is 1. The molecule has 142 valence electrons. The van der Waals surface area contributed by atoms with Gasteiger partial charge in [0.25, 0.3) is 0 Å². The van der Waals surface area contributed by atoms with E-state index in [-0.39, 0.29) is 0 Å². The van der Waals surface area contributed by atoms with Gasteiger partial charge in [0.2, 0.25) is 0 Å². The zero-order valence-electron chi connectivity index (χ0n) is 16.9. The molecule has 1 aromatic carbocycles. The van der Waals surface area contributed by atoms with Crippen molar-refractivity contribution in [3.8, 4) is 0 Å². The lowest BCUT2D eigenvalue weighted by molar-refractivity contribution is 0.215. The van der Waals surface area contributed by atoms with Crippen LogP contribution in [0.2, 0.25) is 0 Å². The van der Waals surface area contributed by atoms with E-state index in [4.69, 9.17) is 4.42 Å². The van der Waals surface area contributed by atoms with Crippen molar-refractivity contribution in [2.24, 2.45) is 0 Å². The van der Waals surface area contributed by atoms with Gasteiger partial charge in [-0.1, -0.05) is 43.3 Å². The van der Waals surface area contributed by atoms with Crippen LogP contribution < -0.4 is 0 Å². The summed E-state index contributed by atoms with van der Waals surface area (Å²) in [5.74, 6) is 1.67. The van der Waals surface area contributed by atoms with Crippen molar-refractivity contribution in [3.63, 3.8) is 0 Å². The van der Waals surface area contributed by atoms with Crippen molar-refractivity contribution in [2.45, 2.75) is 47.5 Å². The molecule has 1 saturated heterocycles. The summed E-state index contributed by atoms with van der Waals surface area (Å²) in [5.41, 5.74) is 0.988. The molecule has 0 radical (unpaired) electrons. The fraction of sp³-hybridized carbons (Fsp3) is 0.571. The first kappa shape index (κ1) is 23.4. The highest BCUT2D eigenvalue weighted by Crippen LogP contribution is 2.05. The average Bonchev–Trinajstić information content (AvgIpc) is 3.27. The molecule has 3 rings (SSSR count). The van der Waals surface area contributed by atoms with Crippen LogP contribution in [0.25, 0.3) is 0 Å². The van der Waals surface area contributed by atoms with Crippen molar-refractivity contribution in [3.05, 3.63) is 53.7 Å². The molecule has 1 aliphatic rings. The lowest BCUT2D eigenvalue weighted by Crippen LogP contribution is -2.17. The number of aryl methyl sites for hydroxylation is 3. The molecule has 0 aliphatic carbocycles. The quantitative estimate of drug-likeness (QED) is 0.762. The first-order chi connectivity index (χ1) is 12.0. The van der Waals surface area contributed by atoms with E-state index in [1.165, 1.54) is 32.5 Å². The molecule has 25 heavy (non-hydrogen) atoms. The molecule has 0 spiro atoms. The number of ether oxygens (including phenoxy) is 1. The Bertz CT molecular complexity index is 458. The zero-order chi connectivity index (χ0) is 18.9. The fourth-order valence-electron chi connectivity index (χ4n) is 2.12. The summed E-state index contributed by atoms with van der Waals surface area (Å²) in [4.78, 5) is 6.53. The number of oxazole rings is 1. The number of methoxy groups -OCH3 is 1. The Morgan fingerprint density at radius 2 is 1.40 bits per heavy atom. The van der Waals surface area contributed by atoms with Gasteiger partial charge in [0.1, 0.15) is 5.76 Å². The van der Waals surface area contributed by atoms with E-state index in [2.05, 4.69) is 21.5 Å². The summed E-state index contributed by atoms with van der Waals surface area (Å²) in [5, 5.41) is 0. The molecule has 1 aliphatic heterocycles. The Kier molecular flexibility index (Phi) is 14.8. The summed E-state index contributed by atoms with van der Waals surface area (Å²) < 4.78 is 9.64. The van der Waals surface area contributed by atoms with E-state index in [0.717, 1.165) is 24.0 Å². The zero-order valence-corrected chi connectivity index (χ0v) is 16.9. The van der Waals surface area contributed by atoms with Gasteiger partial charge in [0.05, 0.1) is 5.69 Å². The van der Waals surface area contributed by atoms with Crippen LogP contribution in [0.3, 0.4) is 0 Å². The third-order valence-electron chi connectivity index (χ3n) is 3.74. The second kappa shape index (κ2) is 15.9. The van der Waals surface area contributed by atoms with Crippen LogP contribution in [-0.2, 0) is 4.74 Å².